The summed E-state index contributed by atoms with van der Waals surface area (Å²) in [6.07, 6.45) is 8.13. The average molecular weight is 320 g/mol. The monoisotopic (exact) mass is 320 g/mol. The van der Waals surface area contributed by atoms with E-state index >= 15 is 0 Å². The summed E-state index contributed by atoms with van der Waals surface area (Å²) < 4.78 is 17.6. The van der Waals surface area contributed by atoms with Crippen molar-refractivity contribution in [3.05, 3.63) is 42.7 Å². The summed E-state index contributed by atoms with van der Waals surface area (Å²) in [5.74, 6) is -0.678. The molecule has 0 bridgehead atoms. The Morgan fingerprint density at radius 3 is 2.65 bits per heavy atom. The Balaban J connectivity index is 2.13. The van der Waals surface area contributed by atoms with Crippen molar-refractivity contribution in [3.63, 3.8) is 0 Å². The third kappa shape index (κ3) is 4.66. The summed E-state index contributed by atoms with van der Waals surface area (Å²) in [5, 5.41) is 10.4. The summed E-state index contributed by atoms with van der Waals surface area (Å²) >= 11 is 0. The first-order valence-corrected chi connectivity index (χ1v) is 8.34. The van der Waals surface area contributed by atoms with Crippen molar-refractivity contribution in [2.24, 2.45) is 0 Å². The Morgan fingerprint density at radius 1 is 1.22 bits per heavy atom. The molecular weight excluding hydrogens is 292 g/mol. The minimum absolute atomic E-state index is 0.302. The van der Waals surface area contributed by atoms with E-state index in [-0.39, 0.29) is 6.10 Å². The SMILES string of the molecule is C=CCCCC=C=C1[C@H]2OC(C)(C)O[C@H]2O[C@@H]1[C@H](O)CCC=C. The normalized spacial score (nSPS) is 29.7. The zero-order valence-electron chi connectivity index (χ0n) is 14.2. The van der Waals surface area contributed by atoms with Gasteiger partial charge in [0, 0.05) is 5.57 Å². The molecule has 2 fully saturated rings. The number of fused-ring (bicyclic) bond motifs is 1. The molecule has 0 saturated carbocycles. The molecule has 0 radical (unpaired) electrons. The molecule has 1 N–H and O–H groups in total. The quantitative estimate of drug-likeness (QED) is 0.421. The van der Waals surface area contributed by atoms with E-state index in [1.165, 1.54) is 0 Å². The van der Waals surface area contributed by atoms with Gasteiger partial charge in [-0.1, -0.05) is 12.2 Å². The number of hydrogen-bond acceptors (Lipinski definition) is 4. The lowest BCUT2D eigenvalue weighted by Gasteiger charge is -2.23. The first-order valence-electron chi connectivity index (χ1n) is 8.34. The van der Waals surface area contributed by atoms with Gasteiger partial charge in [0.25, 0.3) is 0 Å². The van der Waals surface area contributed by atoms with Crippen LogP contribution < -0.4 is 0 Å². The summed E-state index contributed by atoms with van der Waals surface area (Å²) in [5.41, 5.74) is 4.14. The van der Waals surface area contributed by atoms with Gasteiger partial charge in [-0.2, -0.15) is 0 Å². The molecule has 2 aliphatic rings. The highest BCUT2D eigenvalue weighted by molar-refractivity contribution is 5.22. The largest absolute Gasteiger partial charge is 0.390 e. The number of aliphatic hydroxyl groups excluding tert-OH is 1. The second-order valence-electron chi connectivity index (χ2n) is 6.44. The molecule has 4 heteroatoms. The average Bonchev–Trinajstić information content (AvgIpc) is 2.97. The van der Waals surface area contributed by atoms with Crippen LogP contribution in [0.25, 0.3) is 0 Å². The maximum Gasteiger partial charge on any atom is 0.192 e. The third-order valence-corrected chi connectivity index (χ3v) is 3.99. The van der Waals surface area contributed by atoms with Gasteiger partial charge in [-0.15, -0.1) is 18.9 Å². The fraction of sp³-hybridized carbons (Fsp3) is 0.632. The summed E-state index contributed by atoms with van der Waals surface area (Å²) in [7, 11) is 0. The van der Waals surface area contributed by atoms with Gasteiger partial charge in [-0.05, 0) is 52.0 Å². The highest BCUT2D eigenvalue weighted by Crippen LogP contribution is 2.41. The van der Waals surface area contributed by atoms with Crippen LogP contribution in [0.15, 0.2) is 42.7 Å². The molecule has 4 atom stereocenters. The van der Waals surface area contributed by atoms with Crippen molar-refractivity contribution in [1.82, 2.24) is 0 Å². The molecule has 2 heterocycles. The molecule has 2 aliphatic heterocycles. The Labute approximate surface area is 139 Å². The zero-order chi connectivity index (χ0) is 16.9. The molecule has 0 unspecified atom stereocenters. The molecule has 0 aromatic rings. The van der Waals surface area contributed by atoms with Crippen LogP contribution >= 0.6 is 0 Å². The molecule has 0 aliphatic carbocycles. The van der Waals surface area contributed by atoms with Gasteiger partial charge in [0.15, 0.2) is 12.1 Å². The number of allylic oxidation sites excluding steroid dienone is 2. The van der Waals surface area contributed by atoms with Crippen LogP contribution in [-0.4, -0.2) is 35.5 Å². The lowest BCUT2D eigenvalue weighted by molar-refractivity contribution is -0.208. The van der Waals surface area contributed by atoms with E-state index in [1.54, 1.807) is 6.08 Å². The molecule has 0 aromatic heterocycles. The first kappa shape index (κ1) is 18.2. The third-order valence-electron chi connectivity index (χ3n) is 3.99. The van der Waals surface area contributed by atoms with Crippen molar-refractivity contribution in [2.75, 3.05) is 0 Å². The van der Waals surface area contributed by atoms with Crippen molar-refractivity contribution < 1.29 is 19.3 Å². The Bertz CT molecular complexity index is 488. The topological polar surface area (TPSA) is 47.9 Å². The van der Waals surface area contributed by atoms with Crippen LogP contribution in [0, 0.1) is 0 Å². The van der Waals surface area contributed by atoms with Crippen molar-refractivity contribution in [1.29, 1.82) is 0 Å². The molecule has 0 spiro atoms. The number of ether oxygens (including phenoxy) is 3. The minimum Gasteiger partial charge on any atom is -0.390 e. The fourth-order valence-electron chi connectivity index (χ4n) is 2.88. The molecule has 23 heavy (non-hydrogen) atoms. The zero-order valence-corrected chi connectivity index (χ0v) is 14.2. The van der Waals surface area contributed by atoms with Crippen molar-refractivity contribution in [2.45, 2.75) is 76.3 Å². The fourth-order valence-corrected chi connectivity index (χ4v) is 2.88. The maximum atomic E-state index is 10.4. The lowest BCUT2D eigenvalue weighted by atomic mass is 9.99. The summed E-state index contributed by atoms with van der Waals surface area (Å²) in [6.45, 7) is 11.1. The molecule has 4 nitrogen and oxygen atoms in total. The molecule has 0 aromatic carbocycles. The van der Waals surface area contributed by atoms with Crippen LogP contribution in [-0.2, 0) is 14.2 Å². The Kier molecular flexibility index (Phi) is 6.40. The number of unbranched alkanes of at least 4 members (excludes halogenated alkanes) is 2. The van der Waals surface area contributed by atoms with E-state index in [0.29, 0.717) is 6.42 Å². The summed E-state index contributed by atoms with van der Waals surface area (Å²) in [6, 6.07) is 0. The van der Waals surface area contributed by atoms with E-state index in [0.717, 1.165) is 31.3 Å². The molecule has 0 amide bonds. The maximum absolute atomic E-state index is 10.4. The van der Waals surface area contributed by atoms with E-state index in [1.807, 2.05) is 26.0 Å². The number of rotatable bonds is 8. The Morgan fingerprint density at radius 2 is 1.96 bits per heavy atom. The van der Waals surface area contributed by atoms with Crippen molar-refractivity contribution in [3.8, 4) is 0 Å². The molecule has 128 valence electrons. The second-order valence-corrected chi connectivity index (χ2v) is 6.44. The van der Waals surface area contributed by atoms with Gasteiger partial charge < -0.3 is 19.3 Å². The van der Waals surface area contributed by atoms with Crippen LogP contribution in [0.5, 0.6) is 0 Å². The van der Waals surface area contributed by atoms with Gasteiger partial charge in [-0.3, -0.25) is 0 Å². The molecule has 2 saturated heterocycles. The smallest absolute Gasteiger partial charge is 0.192 e. The van der Waals surface area contributed by atoms with Gasteiger partial charge in [0.1, 0.15) is 12.2 Å². The van der Waals surface area contributed by atoms with E-state index in [2.05, 4.69) is 18.9 Å². The predicted molar refractivity (Wildman–Crippen MR) is 89.8 cm³/mol. The molecule has 2 rings (SSSR count). The highest BCUT2D eigenvalue weighted by atomic mass is 16.8. The second kappa shape index (κ2) is 8.09. The minimum atomic E-state index is -0.678. The number of hydrogen-bond donors (Lipinski definition) is 1. The van der Waals surface area contributed by atoms with Crippen LogP contribution in [0.4, 0.5) is 0 Å². The van der Waals surface area contributed by atoms with Crippen LogP contribution in [0.3, 0.4) is 0 Å². The molecular formula is C19H28O4. The standard InChI is InChI=1S/C19H28O4/c1-5-7-9-10-11-12-14-16(15(20)13-8-6-2)21-18-17(14)22-19(3,4)23-18/h5-6,11,15-18,20H,1-2,7-10,13H2,3-4H3/t12?,15-,16+,17-,18-/m1/s1. The van der Waals surface area contributed by atoms with Gasteiger partial charge >= 0.3 is 0 Å². The van der Waals surface area contributed by atoms with Crippen LogP contribution in [0.2, 0.25) is 0 Å². The van der Waals surface area contributed by atoms with Crippen molar-refractivity contribution >= 4 is 0 Å². The van der Waals surface area contributed by atoms with E-state index in [4.69, 9.17) is 14.2 Å². The van der Waals surface area contributed by atoms with Gasteiger partial charge in [0.05, 0.1) is 6.10 Å². The van der Waals surface area contributed by atoms with Gasteiger partial charge in [-0.25, -0.2) is 0 Å². The summed E-state index contributed by atoms with van der Waals surface area (Å²) in [4.78, 5) is 0. The lowest BCUT2D eigenvalue weighted by Crippen LogP contribution is -2.31. The first-order chi connectivity index (χ1) is 11.0. The van der Waals surface area contributed by atoms with Gasteiger partial charge in [0.2, 0.25) is 0 Å². The van der Waals surface area contributed by atoms with Crippen LogP contribution in [0.1, 0.15) is 46.0 Å². The van der Waals surface area contributed by atoms with E-state index in [9.17, 15) is 5.11 Å². The predicted octanol–water partition coefficient (Wildman–Crippen LogP) is 3.63. The Hall–Kier alpha value is -1.16. The van der Waals surface area contributed by atoms with E-state index < -0.39 is 24.3 Å². The number of aliphatic hydroxyl groups is 1. The highest BCUT2D eigenvalue weighted by Gasteiger charge is 2.53.